The van der Waals surface area contributed by atoms with Crippen molar-refractivity contribution >= 4 is 23.5 Å². The lowest BCUT2D eigenvalue weighted by Crippen LogP contribution is -2.50. The Morgan fingerprint density at radius 1 is 1.20 bits per heavy atom. The summed E-state index contributed by atoms with van der Waals surface area (Å²) in [5.41, 5.74) is 1.44. The van der Waals surface area contributed by atoms with Crippen LogP contribution in [0.4, 0.5) is 9.18 Å². The number of urea groups is 1. The van der Waals surface area contributed by atoms with E-state index in [1.807, 2.05) is 24.3 Å². The van der Waals surface area contributed by atoms with Gasteiger partial charge in [-0.15, -0.1) is 0 Å². The summed E-state index contributed by atoms with van der Waals surface area (Å²) in [6.07, 6.45) is 9.71. The molecule has 1 fully saturated rings. The molecule has 0 radical (unpaired) electrons. The Kier molecular flexibility index (Phi) is 7.69. The van der Waals surface area contributed by atoms with E-state index >= 15 is 0 Å². The molecule has 30 heavy (non-hydrogen) atoms. The van der Waals surface area contributed by atoms with Crippen LogP contribution in [0.2, 0.25) is 5.02 Å². The number of allylic oxidation sites excluding steroid dienone is 4. The minimum atomic E-state index is -0.503. The number of nitrogens with one attached hydrogen (secondary N) is 1. The monoisotopic (exact) mass is 431 g/mol. The third-order valence-electron chi connectivity index (χ3n) is 5.34. The molecule has 1 aliphatic heterocycles. The van der Waals surface area contributed by atoms with Crippen molar-refractivity contribution in [1.82, 2.24) is 15.1 Å². The van der Waals surface area contributed by atoms with Crippen LogP contribution in [-0.2, 0) is 11.3 Å². The van der Waals surface area contributed by atoms with Gasteiger partial charge >= 0.3 is 6.03 Å². The molecule has 3 rings (SSSR count). The number of nitrogens with zero attached hydrogens (tertiary/aromatic N) is 2. The first-order valence-corrected chi connectivity index (χ1v) is 10.6. The first-order valence-electron chi connectivity index (χ1n) is 10.2. The van der Waals surface area contributed by atoms with Gasteiger partial charge in [-0.1, -0.05) is 42.0 Å². The van der Waals surface area contributed by atoms with Crippen LogP contribution >= 0.6 is 11.6 Å². The summed E-state index contributed by atoms with van der Waals surface area (Å²) in [7, 11) is 1.73. The van der Waals surface area contributed by atoms with E-state index in [1.54, 1.807) is 35.1 Å². The molecule has 0 bridgehead atoms. The van der Waals surface area contributed by atoms with E-state index in [9.17, 15) is 14.0 Å². The van der Waals surface area contributed by atoms with Crippen LogP contribution in [0.5, 0.6) is 0 Å². The maximum atomic E-state index is 14.2. The summed E-state index contributed by atoms with van der Waals surface area (Å²) in [5, 5.41) is 3.43. The molecule has 5 nitrogen and oxygen atoms in total. The molecule has 0 spiro atoms. The Labute approximate surface area is 181 Å². The van der Waals surface area contributed by atoms with Gasteiger partial charge in [-0.25, -0.2) is 9.18 Å². The van der Waals surface area contributed by atoms with E-state index in [0.29, 0.717) is 42.9 Å². The molecule has 2 aliphatic rings. The highest BCUT2D eigenvalue weighted by molar-refractivity contribution is 6.30. The molecule has 160 valence electrons. The lowest BCUT2D eigenvalue weighted by molar-refractivity contribution is -0.134. The molecule has 1 aliphatic carbocycles. The highest BCUT2D eigenvalue weighted by Crippen LogP contribution is 2.21. The van der Waals surface area contributed by atoms with Crippen molar-refractivity contribution in [3.05, 3.63) is 70.6 Å². The lowest BCUT2D eigenvalue weighted by atomic mass is 10.1. The van der Waals surface area contributed by atoms with Gasteiger partial charge in [0, 0.05) is 37.3 Å². The van der Waals surface area contributed by atoms with Crippen molar-refractivity contribution in [1.29, 1.82) is 0 Å². The van der Waals surface area contributed by atoms with Gasteiger partial charge in [0.2, 0.25) is 5.91 Å². The number of benzene rings is 1. The fourth-order valence-corrected chi connectivity index (χ4v) is 3.82. The number of carbonyl (C=O) groups excluding carboxylic acids is 2. The van der Waals surface area contributed by atoms with Crippen molar-refractivity contribution in [2.24, 2.45) is 0 Å². The van der Waals surface area contributed by atoms with Crippen molar-refractivity contribution in [2.45, 2.75) is 38.3 Å². The van der Waals surface area contributed by atoms with E-state index in [0.717, 1.165) is 12.0 Å². The second-order valence-corrected chi connectivity index (χ2v) is 7.99. The van der Waals surface area contributed by atoms with E-state index in [1.165, 1.54) is 6.08 Å². The molecule has 1 aromatic rings. The van der Waals surface area contributed by atoms with Crippen LogP contribution in [0.1, 0.15) is 31.2 Å². The number of hydrogen-bond acceptors (Lipinski definition) is 2. The summed E-state index contributed by atoms with van der Waals surface area (Å²) in [6, 6.07) is 6.50. The molecule has 1 N–H and O–H groups in total. The average molecular weight is 432 g/mol. The number of likely N-dealkylation sites (N-methyl/N-ethyl adjacent to an activating group) is 1. The largest absolute Gasteiger partial charge is 0.340 e. The maximum absolute atomic E-state index is 14.2. The topological polar surface area (TPSA) is 52.7 Å². The number of rotatable bonds is 5. The molecule has 7 heteroatoms. The summed E-state index contributed by atoms with van der Waals surface area (Å²) in [4.78, 5) is 28.9. The number of halogens is 2. The standard InChI is InChI=1S/C23H27ClFN3O2/c1-27(16-17-10-12-19(24)13-11-17)22(29)21-9-6-14-28(21)23(30)26-15-18-7-4-2-3-5-8-20(18)25/h2-3,7-8,10-13,21H,4-6,9,14-16H2,1H3,(H,26,30)/b3-2-,18-7-,20-8?/t21-/m1/s1. The Morgan fingerprint density at radius 3 is 2.63 bits per heavy atom. The highest BCUT2D eigenvalue weighted by Gasteiger charge is 2.35. The highest BCUT2D eigenvalue weighted by atomic mass is 35.5. The first kappa shape index (κ1) is 22.1. The van der Waals surface area contributed by atoms with Gasteiger partial charge in [-0.3, -0.25) is 4.79 Å². The van der Waals surface area contributed by atoms with Crippen LogP contribution in [0, 0.1) is 0 Å². The number of carbonyl (C=O) groups is 2. The molecule has 1 atom stereocenters. The molecule has 1 heterocycles. The fraction of sp³-hybridized carbons (Fsp3) is 0.391. The van der Waals surface area contributed by atoms with E-state index in [-0.39, 0.29) is 24.3 Å². The second kappa shape index (κ2) is 10.4. The molecular weight excluding hydrogens is 405 g/mol. The Morgan fingerprint density at radius 2 is 1.90 bits per heavy atom. The van der Waals surface area contributed by atoms with Crippen molar-refractivity contribution < 1.29 is 14.0 Å². The lowest BCUT2D eigenvalue weighted by Gasteiger charge is -2.28. The third kappa shape index (κ3) is 5.72. The van der Waals surface area contributed by atoms with Gasteiger partial charge in [0.25, 0.3) is 0 Å². The van der Waals surface area contributed by atoms with Gasteiger partial charge in [0.1, 0.15) is 11.9 Å². The molecule has 1 saturated heterocycles. The first-order chi connectivity index (χ1) is 14.5. The van der Waals surface area contributed by atoms with Crippen LogP contribution in [0.25, 0.3) is 0 Å². The quantitative estimate of drug-likeness (QED) is 0.692. The zero-order chi connectivity index (χ0) is 21.5. The van der Waals surface area contributed by atoms with E-state index in [2.05, 4.69) is 5.32 Å². The zero-order valence-corrected chi connectivity index (χ0v) is 17.9. The third-order valence-corrected chi connectivity index (χ3v) is 5.60. The maximum Gasteiger partial charge on any atom is 0.318 e. The van der Waals surface area contributed by atoms with E-state index in [4.69, 9.17) is 11.6 Å². The molecule has 0 aromatic heterocycles. The second-order valence-electron chi connectivity index (χ2n) is 7.56. The van der Waals surface area contributed by atoms with Gasteiger partial charge in [-0.2, -0.15) is 0 Å². The van der Waals surface area contributed by atoms with Crippen LogP contribution in [0.3, 0.4) is 0 Å². The predicted molar refractivity (Wildman–Crippen MR) is 117 cm³/mol. The summed E-state index contributed by atoms with van der Waals surface area (Å²) < 4.78 is 14.2. The van der Waals surface area contributed by atoms with Gasteiger partial charge in [0.15, 0.2) is 0 Å². The van der Waals surface area contributed by atoms with Crippen molar-refractivity contribution in [3.8, 4) is 0 Å². The Balaban J connectivity index is 1.58. The number of hydrogen-bond donors (Lipinski definition) is 1. The molecule has 0 unspecified atom stereocenters. The zero-order valence-electron chi connectivity index (χ0n) is 17.1. The summed E-state index contributed by atoms with van der Waals surface area (Å²) >= 11 is 5.91. The number of amides is 3. The smallest absolute Gasteiger partial charge is 0.318 e. The van der Waals surface area contributed by atoms with Gasteiger partial charge in [-0.05, 0) is 49.5 Å². The Hall–Kier alpha value is -2.60. The minimum Gasteiger partial charge on any atom is -0.340 e. The molecule has 3 amide bonds. The fourth-order valence-electron chi connectivity index (χ4n) is 3.69. The molecular formula is C23H27ClFN3O2. The normalized spacial score (nSPS) is 21.7. The van der Waals surface area contributed by atoms with E-state index < -0.39 is 6.04 Å². The Bertz CT molecular complexity index is 864. The van der Waals surface area contributed by atoms with Crippen LogP contribution in [0.15, 0.2) is 60.0 Å². The molecule has 1 aromatic carbocycles. The van der Waals surface area contributed by atoms with Crippen LogP contribution < -0.4 is 5.32 Å². The van der Waals surface area contributed by atoms with Crippen molar-refractivity contribution in [3.63, 3.8) is 0 Å². The number of likely N-dealkylation sites (tertiary alicyclic amines) is 1. The SMILES string of the molecule is CN(Cc1ccc(Cl)cc1)C(=O)[C@H]1CCCN1C(=O)NC/C1=C/C/C=C\CC=C1F. The summed E-state index contributed by atoms with van der Waals surface area (Å²) in [6.45, 7) is 1.06. The predicted octanol–water partition coefficient (Wildman–Crippen LogP) is 4.60. The summed E-state index contributed by atoms with van der Waals surface area (Å²) in [5.74, 6) is -0.407. The van der Waals surface area contributed by atoms with Gasteiger partial charge in [0.05, 0.1) is 0 Å². The van der Waals surface area contributed by atoms with Crippen molar-refractivity contribution in [2.75, 3.05) is 20.1 Å². The minimum absolute atomic E-state index is 0.0982. The van der Waals surface area contributed by atoms with Crippen LogP contribution in [-0.4, -0.2) is 47.9 Å². The average Bonchev–Trinajstić information content (AvgIpc) is 3.21. The van der Waals surface area contributed by atoms with Gasteiger partial charge < -0.3 is 15.1 Å². The molecule has 0 saturated carbocycles.